The molecular formula is C11H19N3. The third-order valence-corrected chi connectivity index (χ3v) is 2.51. The molecule has 3 heteroatoms. The molecule has 0 aromatic rings. The van der Waals surface area contributed by atoms with Crippen LogP contribution in [0.5, 0.6) is 0 Å². The first-order valence-electron chi connectivity index (χ1n) is 5.28. The summed E-state index contributed by atoms with van der Waals surface area (Å²) in [5, 5.41) is 2.97. The Labute approximate surface area is 86.2 Å². The van der Waals surface area contributed by atoms with Crippen molar-refractivity contribution in [2.75, 3.05) is 0 Å². The molecule has 0 aliphatic heterocycles. The van der Waals surface area contributed by atoms with Gasteiger partial charge in [0.1, 0.15) is 0 Å². The van der Waals surface area contributed by atoms with E-state index in [2.05, 4.69) is 16.2 Å². The van der Waals surface area contributed by atoms with Crippen molar-refractivity contribution >= 4 is 5.96 Å². The van der Waals surface area contributed by atoms with Crippen molar-refractivity contribution in [3.8, 4) is 12.3 Å². The maximum atomic E-state index is 5.72. The molecule has 0 bridgehead atoms. The normalized spacial score (nSPS) is 21.3. The zero-order valence-corrected chi connectivity index (χ0v) is 8.79. The molecule has 1 aliphatic carbocycles. The van der Waals surface area contributed by atoms with Crippen LogP contribution in [0, 0.1) is 12.3 Å². The van der Waals surface area contributed by atoms with Crippen LogP contribution in [-0.4, -0.2) is 18.0 Å². The van der Waals surface area contributed by atoms with Gasteiger partial charge in [-0.3, -0.25) is 4.99 Å². The Kier molecular flexibility index (Phi) is 4.31. The Balaban J connectivity index is 2.38. The monoisotopic (exact) mass is 193 g/mol. The van der Waals surface area contributed by atoms with Gasteiger partial charge in [0.25, 0.3) is 0 Å². The molecule has 78 valence electrons. The minimum Gasteiger partial charge on any atom is -0.370 e. The van der Waals surface area contributed by atoms with Crippen LogP contribution in [0.1, 0.15) is 39.0 Å². The number of guanidine groups is 1. The van der Waals surface area contributed by atoms with Gasteiger partial charge in [-0.15, -0.1) is 6.42 Å². The quantitative estimate of drug-likeness (QED) is 0.394. The number of hydrogen-bond acceptors (Lipinski definition) is 1. The maximum Gasteiger partial charge on any atom is 0.189 e. The lowest BCUT2D eigenvalue weighted by Crippen LogP contribution is -2.38. The highest BCUT2D eigenvalue weighted by Crippen LogP contribution is 2.19. The number of terminal acetylenes is 1. The van der Waals surface area contributed by atoms with E-state index in [0.717, 1.165) is 12.8 Å². The Morgan fingerprint density at radius 1 is 1.50 bits per heavy atom. The third kappa shape index (κ3) is 3.69. The predicted molar refractivity (Wildman–Crippen MR) is 59.9 cm³/mol. The molecule has 1 saturated carbocycles. The maximum absolute atomic E-state index is 5.72. The van der Waals surface area contributed by atoms with Gasteiger partial charge >= 0.3 is 0 Å². The molecule has 0 aromatic carbocycles. The number of nitrogens with zero attached hydrogens (tertiary/aromatic N) is 1. The first-order chi connectivity index (χ1) is 6.72. The molecule has 14 heavy (non-hydrogen) atoms. The van der Waals surface area contributed by atoms with Crippen LogP contribution in [0.3, 0.4) is 0 Å². The van der Waals surface area contributed by atoms with Crippen LogP contribution < -0.4 is 11.1 Å². The number of nitrogens with two attached hydrogens (primary N) is 1. The summed E-state index contributed by atoms with van der Waals surface area (Å²) in [5.41, 5.74) is 5.72. The first kappa shape index (κ1) is 10.9. The second kappa shape index (κ2) is 5.54. The van der Waals surface area contributed by atoms with E-state index in [1.165, 1.54) is 19.3 Å². The van der Waals surface area contributed by atoms with Gasteiger partial charge in [0.15, 0.2) is 5.96 Å². The number of aliphatic imine (C=N–C) groups is 1. The van der Waals surface area contributed by atoms with Crippen LogP contribution in [-0.2, 0) is 0 Å². The fourth-order valence-corrected chi connectivity index (χ4v) is 1.71. The highest BCUT2D eigenvalue weighted by Gasteiger charge is 2.12. The van der Waals surface area contributed by atoms with E-state index >= 15 is 0 Å². The standard InChI is InChI=1S/C11H19N3/c1-3-9(2)13-11(12)14-10-7-5-4-6-8-10/h1,9-10H,4-8H2,2H3,(H3,12,13,14). The van der Waals surface area contributed by atoms with Crippen LogP contribution >= 0.6 is 0 Å². The summed E-state index contributed by atoms with van der Waals surface area (Å²) in [6.45, 7) is 1.89. The van der Waals surface area contributed by atoms with Crippen molar-refractivity contribution < 1.29 is 0 Å². The average Bonchev–Trinajstić information content (AvgIpc) is 2.19. The van der Waals surface area contributed by atoms with Crippen LogP contribution in [0.25, 0.3) is 0 Å². The highest BCUT2D eigenvalue weighted by molar-refractivity contribution is 5.78. The molecular weight excluding hydrogens is 174 g/mol. The molecule has 0 heterocycles. The van der Waals surface area contributed by atoms with Crippen molar-refractivity contribution in [1.29, 1.82) is 0 Å². The number of hydrogen-bond donors (Lipinski definition) is 2. The van der Waals surface area contributed by atoms with Gasteiger partial charge in [-0.1, -0.05) is 25.2 Å². The minimum absolute atomic E-state index is 0.0395. The van der Waals surface area contributed by atoms with E-state index in [1.54, 1.807) is 0 Å². The zero-order valence-electron chi connectivity index (χ0n) is 8.79. The summed E-state index contributed by atoms with van der Waals surface area (Å²) in [7, 11) is 0. The fourth-order valence-electron chi connectivity index (χ4n) is 1.71. The van der Waals surface area contributed by atoms with E-state index < -0.39 is 0 Å². The Morgan fingerprint density at radius 2 is 2.14 bits per heavy atom. The van der Waals surface area contributed by atoms with E-state index in [-0.39, 0.29) is 6.04 Å². The smallest absolute Gasteiger partial charge is 0.189 e. The van der Waals surface area contributed by atoms with Crippen molar-refractivity contribution in [3.63, 3.8) is 0 Å². The fraction of sp³-hybridized carbons (Fsp3) is 0.727. The summed E-state index contributed by atoms with van der Waals surface area (Å²) >= 11 is 0. The van der Waals surface area contributed by atoms with Crippen LogP contribution in [0.15, 0.2) is 4.99 Å². The molecule has 1 aliphatic rings. The Bertz CT molecular complexity index is 233. The van der Waals surface area contributed by atoms with Gasteiger partial charge in [0, 0.05) is 0 Å². The minimum atomic E-state index is -0.0395. The summed E-state index contributed by atoms with van der Waals surface area (Å²) in [6, 6.07) is 0.364. The van der Waals surface area contributed by atoms with Gasteiger partial charge in [-0.2, -0.15) is 0 Å². The summed E-state index contributed by atoms with van der Waals surface area (Å²) in [4.78, 5) is 4.41. The van der Waals surface area contributed by atoms with Crippen LogP contribution in [0.4, 0.5) is 0 Å². The second-order valence-corrected chi connectivity index (χ2v) is 3.84. The molecule has 1 atom stereocenters. The number of nitrogens with one attached hydrogen (secondary N) is 1. The van der Waals surface area contributed by atoms with Gasteiger partial charge < -0.3 is 11.1 Å². The molecule has 0 spiro atoms. The predicted octanol–water partition coefficient (Wildman–Crippen LogP) is 1.25. The van der Waals surface area contributed by atoms with Gasteiger partial charge in [0.05, 0.1) is 12.1 Å². The number of rotatable bonds is 2. The lowest BCUT2D eigenvalue weighted by molar-refractivity contribution is 0.442. The summed E-state index contributed by atoms with van der Waals surface area (Å²) < 4.78 is 0. The molecule has 3 nitrogen and oxygen atoms in total. The van der Waals surface area contributed by atoms with Crippen molar-refractivity contribution in [2.24, 2.45) is 10.7 Å². The highest BCUT2D eigenvalue weighted by atomic mass is 15.1. The lowest BCUT2D eigenvalue weighted by Gasteiger charge is -2.19. The van der Waals surface area contributed by atoms with Gasteiger partial charge in [-0.05, 0) is 19.8 Å². The second-order valence-electron chi connectivity index (χ2n) is 3.84. The SMILES string of the molecule is C#CC(C)NC(N)=NC1CCCCC1. The van der Waals surface area contributed by atoms with Crippen molar-refractivity contribution in [2.45, 2.75) is 51.1 Å². The molecule has 3 N–H and O–H groups in total. The lowest BCUT2D eigenvalue weighted by atomic mass is 9.96. The Hall–Kier alpha value is -1.17. The third-order valence-electron chi connectivity index (χ3n) is 2.51. The molecule has 1 rings (SSSR count). The zero-order chi connectivity index (χ0) is 10.4. The van der Waals surface area contributed by atoms with E-state index in [4.69, 9.17) is 12.2 Å². The van der Waals surface area contributed by atoms with Gasteiger partial charge in [0.2, 0.25) is 0 Å². The van der Waals surface area contributed by atoms with Crippen molar-refractivity contribution in [1.82, 2.24) is 5.32 Å². The first-order valence-corrected chi connectivity index (χ1v) is 5.28. The van der Waals surface area contributed by atoms with E-state index in [9.17, 15) is 0 Å². The largest absolute Gasteiger partial charge is 0.370 e. The topological polar surface area (TPSA) is 50.4 Å². The Morgan fingerprint density at radius 3 is 2.71 bits per heavy atom. The molecule has 0 amide bonds. The van der Waals surface area contributed by atoms with E-state index in [1.807, 2.05) is 6.92 Å². The molecule has 0 saturated heterocycles. The summed E-state index contributed by atoms with van der Waals surface area (Å²) in [6.07, 6.45) is 11.4. The molecule has 0 aromatic heterocycles. The molecule has 0 radical (unpaired) electrons. The van der Waals surface area contributed by atoms with E-state index in [0.29, 0.717) is 12.0 Å². The molecule has 1 unspecified atom stereocenters. The average molecular weight is 193 g/mol. The van der Waals surface area contributed by atoms with Crippen molar-refractivity contribution in [3.05, 3.63) is 0 Å². The van der Waals surface area contributed by atoms with Crippen LogP contribution in [0.2, 0.25) is 0 Å². The van der Waals surface area contributed by atoms with Gasteiger partial charge in [-0.25, -0.2) is 0 Å². The molecule has 1 fully saturated rings. The summed E-state index contributed by atoms with van der Waals surface area (Å²) in [5.74, 6) is 3.05.